The Bertz CT molecular complexity index is 2300. The smallest absolute Gasteiger partial charge is 0.419 e. The molecule has 1 aromatic heterocycles. The highest BCUT2D eigenvalue weighted by Crippen LogP contribution is 2.44. The molecule has 3 aliphatic heterocycles. The lowest BCUT2D eigenvalue weighted by molar-refractivity contribution is -0.138. The molecule has 7 rings (SSSR count). The molecular weight excluding hydrogens is 807 g/mol. The molecule has 4 aliphatic rings. The molecule has 60 heavy (non-hydrogen) atoms. The number of amides is 4. The Balaban J connectivity index is 0.937. The molecule has 4 fully saturated rings. The largest absolute Gasteiger partial charge is 0.492 e. The van der Waals surface area contributed by atoms with E-state index < -0.39 is 46.6 Å². The van der Waals surface area contributed by atoms with E-state index in [0.29, 0.717) is 55.9 Å². The van der Waals surface area contributed by atoms with E-state index in [1.807, 2.05) is 13.0 Å². The van der Waals surface area contributed by atoms with Gasteiger partial charge in [-0.2, -0.15) is 18.4 Å². The highest BCUT2D eigenvalue weighted by Gasteiger charge is 2.52. The van der Waals surface area contributed by atoms with Gasteiger partial charge in [-0.3, -0.25) is 39.2 Å². The second-order valence-corrected chi connectivity index (χ2v) is 16.2. The molecule has 14 nitrogen and oxygen atoms in total. The number of piperidine rings is 1. The number of nitrogens with one attached hydrogen (secondary N) is 3. The van der Waals surface area contributed by atoms with Crippen molar-refractivity contribution in [2.45, 2.75) is 76.2 Å². The minimum Gasteiger partial charge on any atom is -0.492 e. The van der Waals surface area contributed by atoms with Crippen LogP contribution >= 0.6 is 12.2 Å². The van der Waals surface area contributed by atoms with Gasteiger partial charge in [0.15, 0.2) is 10.8 Å². The molecular formula is C41H43F4N9O5S. The summed E-state index contributed by atoms with van der Waals surface area (Å²) < 4.78 is 62.0. The number of anilines is 4. The van der Waals surface area contributed by atoms with Crippen molar-refractivity contribution in [3.8, 4) is 11.8 Å². The summed E-state index contributed by atoms with van der Waals surface area (Å²) in [5.41, 5.74) is -1.72. The van der Waals surface area contributed by atoms with E-state index in [-0.39, 0.29) is 53.2 Å². The number of nitrogens with zero attached hydrogens (tertiary/aromatic N) is 6. The first kappa shape index (κ1) is 42.4. The monoisotopic (exact) mass is 849 g/mol. The third kappa shape index (κ3) is 8.62. The number of aryl methyl sites for hydroxylation is 1. The second kappa shape index (κ2) is 16.4. The number of hydrogen-bond acceptors (Lipinski definition) is 11. The molecule has 1 spiro atoms. The summed E-state index contributed by atoms with van der Waals surface area (Å²) in [4.78, 5) is 61.3. The Morgan fingerprint density at radius 1 is 1.08 bits per heavy atom. The van der Waals surface area contributed by atoms with Crippen LogP contribution < -0.4 is 30.5 Å². The number of ether oxygens (including phenoxy) is 1. The quantitative estimate of drug-likeness (QED) is 0.128. The second-order valence-electron chi connectivity index (χ2n) is 15.9. The van der Waals surface area contributed by atoms with Crippen LogP contribution in [0.5, 0.6) is 5.75 Å². The van der Waals surface area contributed by atoms with Gasteiger partial charge in [0.25, 0.3) is 5.91 Å². The topological polar surface area (TPSA) is 163 Å². The summed E-state index contributed by atoms with van der Waals surface area (Å²) in [7, 11) is 0. The molecule has 1 unspecified atom stereocenters. The fraction of sp³-hybridized carbons (Fsp3) is 0.439. The Hall–Kier alpha value is -5.71. The number of benzene rings is 2. The van der Waals surface area contributed by atoms with Crippen LogP contribution in [0, 0.1) is 17.1 Å². The number of carbonyl (C=O) groups is 4. The number of halogens is 4. The Morgan fingerprint density at radius 3 is 2.52 bits per heavy atom. The Kier molecular flexibility index (Phi) is 11.6. The standard InChI is InChI=1S/C41H43F4N9O5S/c1-4-24-15-28(54-38(60)53(37(58)39(54,2)3)29-19-30(41(43,44)45)32(20-46)47-21-29)5-7-33(24)59-14-13-51-11-12-52(40(23-51)9-10-40)22-35(56)49-27-17-25(42)16-26(18-27)48-31-6-8-34(55)50-36(31)57/h5,7,15-19,21,31,48H,4,6,8-14,22-23H2,1-3H3,(H,49,56)(H,50,55,57). The zero-order valence-corrected chi connectivity index (χ0v) is 33.9. The molecule has 2 aromatic carbocycles. The molecule has 0 radical (unpaired) electrons. The number of pyridine rings is 1. The molecule has 3 N–H and O–H groups in total. The third-order valence-electron chi connectivity index (χ3n) is 11.4. The van der Waals surface area contributed by atoms with Crippen molar-refractivity contribution in [1.82, 2.24) is 20.1 Å². The van der Waals surface area contributed by atoms with Crippen molar-refractivity contribution < 1.29 is 41.5 Å². The zero-order chi connectivity index (χ0) is 43.1. The molecule has 3 saturated heterocycles. The molecule has 1 saturated carbocycles. The molecule has 1 atom stereocenters. The van der Waals surface area contributed by atoms with Crippen LogP contribution in [0.3, 0.4) is 0 Å². The number of piperazine rings is 1. The molecule has 4 heterocycles. The van der Waals surface area contributed by atoms with E-state index in [1.165, 1.54) is 18.2 Å². The minimum absolute atomic E-state index is 0.0339. The van der Waals surface area contributed by atoms with Crippen molar-refractivity contribution in [1.29, 1.82) is 5.26 Å². The van der Waals surface area contributed by atoms with Crippen molar-refractivity contribution in [3.05, 3.63) is 71.3 Å². The first-order chi connectivity index (χ1) is 28.4. The predicted octanol–water partition coefficient (Wildman–Crippen LogP) is 4.98. The lowest BCUT2D eigenvalue weighted by Crippen LogP contribution is -2.57. The van der Waals surface area contributed by atoms with Crippen molar-refractivity contribution >= 4 is 63.7 Å². The average molecular weight is 850 g/mol. The lowest BCUT2D eigenvalue weighted by atomic mass is 10.0. The molecule has 0 bridgehead atoms. The van der Waals surface area contributed by atoms with E-state index in [2.05, 4.69) is 30.7 Å². The highest BCUT2D eigenvalue weighted by atomic mass is 32.1. The van der Waals surface area contributed by atoms with Crippen LogP contribution in [0.15, 0.2) is 48.7 Å². The zero-order valence-electron chi connectivity index (χ0n) is 33.1. The Labute approximate surface area is 348 Å². The predicted molar refractivity (Wildman–Crippen MR) is 217 cm³/mol. The van der Waals surface area contributed by atoms with Crippen LogP contribution in [0.2, 0.25) is 0 Å². The van der Waals surface area contributed by atoms with E-state index in [1.54, 1.807) is 36.9 Å². The summed E-state index contributed by atoms with van der Waals surface area (Å²) in [5.74, 6) is -1.63. The van der Waals surface area contributed by atoms with Crippen molar-refractivity contribution in [3.63, 3.8) is 0 Å². The highest BCUT2D eigenvalue weighted by molar-refractivity contribution is 7.81. The number of nitriles is 1. The van der Waals surface area contributed by atoms with Crippen LogP contribution in [0.1, 0.15) is 63.3 Å². The van der Waals surface area contributed by atoms with Gasteiger partial charge in [-0.05, 0) is 99.8 Å². The van der Waals surface area contributed by atoms with Crippen molar-refractivity contribution in [2.24, 2.45) is 0 Å². The summed E-state index contributed by atoms with van der Waals surface area (Å²) in [6.07, 6.45) is -0.952. The number of alkyl halides is 3. The summed E-state index contributed by atoms with van der Waals surface area (Å²) in [5, 5.41) is 17.1. The van der Waals surface area contributed by atoms with E-state index in [9.17, 15) is 42.0 Å². The van der Waals surface area contributed by atoms with E-state index >= 15 is 0 Å². The minimum atomic E-state index is -4.87. The van der Waals surface area contributed by atoms with E-state index in [0.717, 1.165) is 36.0 Å². The van der Waals surface area contributed by atoms with Crippen molar-refractivity contribution in [2.75, 3.05) is 59.8 Å². The number of aromatic nitrogens is 1. The molecule has 4 amide bonds. The van der Waals surface area contributed by atoms with Crippen LogP contribution in [-0.4, -0.2) is 100.0 Å². The summed E-state index contributed by atoms with van der Waals surface area (Å²) in [6.45, 7) is 8.43. The molecule has 316 valence electrons. The summed E-state index contributed by atoms with van der Waals surface area (Å²) >= 11 is 5.69. The number of rotatable bonds is 12. The van der Waals surface area contributed by atoms with Gasteiger partial charge in [0.2, 0.25) is 17.7 Å². The molecule has 19 heteroatoms. The van der Waals surface area contributed by atoms with Gasteiger partial charge in [-0.25, -0.2) is 9.37 Å². The first-order valence-electron chi connectivity index (χ1n) is 19.5. The number of carbonyl (C=O) groups excluding carboxylic acids is 4. The lowest BCUT2D eigenvalue weighted by Gasteiger charge is -2.41. The van der Waals surface area contributed by atoms with Gasteiger partial charge < -0.3 is 20.3 Å². The maximum absolute atomic E-state index is 14.5. The normalized spacial score (nSPS) is 20.3. The SMILES string of the molecule is CCc1cc(N2C(=S)N(c3cnc(C#N)c(C(F)(F)F)c3)C(=O)C2(C)C)ccc1OCCN1CCN(CC(=O)Nc2cc(F)cc(NC3CCC(=O)NC3=O)c2)C2(CC2)C1. The third-order valence-corrected chi connectivity index (χ3v) is 11.7. The van der Waals surface area contributed by atoms with Gasteiger partial charge in [0.1, 0.15) is 35.8 Å². The number of hydrogen-bond donors (Lipinski definition) is 3. The van der Waals surface area contributed by atoms with Gasteiger partial charge in [-0.15, -0.1) is 0 Å². The van der Waals surface area contributed by atoms with Crippen LogP contribution in [-0.2, 0) is 31.8 Å². The van der Waals surface area contributed by atoms with Gasteiger partial charge >= 0.3 is 6.18 Å². The maximum Gasteiger partial charge on any atom is 0.419 e. The fourth-order valence-corrected chi connectivity index (χ4v) is 8.57. The first-order valence-corrected chi connectivity index (χ1v) is 19.9. The van der Waals surface area contributed by atoms with Crippen LogP contribution in [0.25, 0.3) is 0 Å². The Morgan fingerprint density at radius 2 is 1.83 bits per heavy atom. The number of imide groups is 1. The fourth-order valence-electron chi connectivity index (χ4n) is 8.05. The van der Waals surface area contributed by atoms with Gasteiger partial charge in [0.05, 0.1) is 24.0 Å². The summed E-state index contributed by atoms with van der Waals surface area (Å²) in [6, 6.07) is 10.8. The maximum atomic E-state index is 14.5. The average Bonchev–Trinajstić information content (AvgIpc) is 3.92. The molecule has 1 aliphatic carbocycles. The van der Waals surface area contributed by atoms with Gasteiger partial charge in [-0.1, -0.05) is 6.92 Å². The number of thiocarbonyl (C=S) groups is 1. The molecule has 3 aromatic rings. The van der Waals surface area contributed by atoms with Gasteiger partial charge in [0, 0.05) is 55.2 Å². The van der Waals surface area contributed by atoms with Crippen LogP contribution in [0.4, 0.5) is 40.3 Å². The van der Waals surface area contributed by atoms with E-state index in [4.69, 9.17) is 17.0 Å².